The van der Waals surface area contributed by atoms with Gasteiger partial charge in [0.1, 0.15) is 6.61 Å². The number of esters is 2. The highest BCUT2D eigenvalue weighted by atomic mass is 16.6. The number of allylic oxidation sites excluding steroid dienone is 3. The highest BCUT2D eigenvalue weighted by Crippen LogP contribution is 2.47. The Morgan fingerprint density at radius 1 is 1.15 bits per heavy atom. The fourth-order valence-corrected chi connectivity index (χ4v) is 4.55. The maximum absolute atomic E-state index is 13.4. The lowest BCUT2D eigenvalue weighted by molar-refractivity contribution is -0.140. The van der Waals surface area contributed by atoms with Crippen LogP contribution < -0.4 is 14.8 Å². The summed E-state index contributed by atoms with van der Waals surface area (Å²) in [6, 6.07) is 5.11. The van der Waals surface area contributed by atoms with E-state index in [0.717, 1.165) is 5.70 Å². The van der Waals surface area contributed by atoms with Crippen molar-refractivity contribution in [2.24, 2.45) is 5.41 Å². The van der Waals surface area contributed by atoms with Crippen LogP contribution in [0.5, 0.6) is 11.5 Å². The van der Waals surface area contributed by atoms with Crippen LogP contribution in [0.3, 0.4) is 0 Å². The van der Waals surface area contributed by atoms with Gasteiger partial charge in [-0.25, -0.2) is 4.79 Å². The first-order valence-corrected chi connectivity index (χ1v) is 11.4. The number of dihydropyridines is 1. The first kappa shape index (κ1) is 25.5. The Balaban J connectivity index is 2.14. The second-order valence-electron chi connectivity index (χ2n) is 9.29. The third kappa shape index (κ3) is 5.50. The van der Waals surface area contributed by atoms with Crippen LogP contribution in [-0.4, -0.2) is 44.7 Å². The molecule has 1 aromatic carbocycles. The van der Waals surface area contributed by atoms with Gasteiger partial charge in [-0.15, -0.1) is 0 Å². The van der Waals surface area contributed by atoms with Crippen LogP contribution >= 0.6 is 0 Å². The van der Waals surface area contributed by atoms with Crippen molar-refractivity contribution in [3.05, 3.63) is 46.3 Å². The van der Waals surface area contributed by atoms with Crippen molar-refractivity contribution in [1.29, 1.82) is 0 Å². The van der Waals surface area contributed by atoms with Crippen LogP contribution in [0.4, 0.5) is 0 Å². The van der Waals surface area contributed by atoms with E-state index in [2.05, 4.69) is 19.2 Å². The molecular formula is C26H33NO7. The van der Waals surface area contributed by atoms with Gasteiger partial charge < -0.3 is 24.3 Å². The lowest BCUT2D eigenvalue weighted by atomic mass is 9.68. The third-order valence-electron chi connectivity index (χ3n) is 5.83. The summed E-state index contributed by atoms with van der Waals surface area (Å²) in [6.45, 7) is 9.78. The summed E-state index contributed by atoms with van der Waals surface area (Å²) in [4.78, 5) is 38.1. The van der Waals surface area contributed by atoms with Gasteiger partial charge in [-0.3, -0.25) is 9.59 Å². The van der Waals surface area contributed by atoms with Crippen molar-refractivity contribution in [3.8, 4) is 11.5 Å². The molecule has 0 fully saturated rings. The van der Waals surface area contributed by atoms with Gasteiger partial charge in [0.2, 0.25) is 0 Å². The molecule has 0 spiro atoms. The standard InChI is InChI=1S/C26H33NO7/c1-7-32-21-12-17(8-9-20(21)34-16(3)28)23-22(25(30)33-11-10-31-6)15(2)27-18-13-26(4,5)14-19(29)24(18)23/h8-9,12,23,27H,7,10-11,13-14H2,1-6H3. The number of hydrogen-bond donors (Lipinski definition) is 1. The lowest BCUT2D eigenvalue weighted by Crippen LogP contribution is -2.38. The lowest BCUT2D eigenvalue weighted by Gasteiger charge is -2.39. The highest BCUT2D eigenvalue weighted by Gasteiger charge is 2.43. The number of ether oxygens (including phenoxy) is 4. The molecule has 1 unspecified atom stereocenters. The second kappa shape index (κ2) is 10.4. The van der Waals surface area contributed by atoms with E-state index in [1.54, 1.807) is 18.2 Å². The Hall–Kier alpha value is -3.13. The summed E-state index contributed by atoms with van der Waals surface area (Å²) in [7, 11) is 1.53. The van der Waals surface area contributed by atoms with Gasteiger partial charge in [-0.1, -0.05) is 19.9 Å². The number of methoxy groups -OCH3 is 1. The van der Waals surface area contributed by atoms with E-state index in [-0.39, 0.29) is 30.2 Å². The van der Waals surface area contributed by atoms with E-state index in [9.17, 15) is 14.4 Å². The van der Waals surface area contributed by atoms with E-state index in [0.29, 0.717) is 47.6 Å². The van der Waals surface area contributed by atoms with E-state index in [1.165, 1.54) is 14.0 Å². The maximum Gasteiger partial charge on any atom is 0.336 e. The molecule has 8 heteroatoms. The van der Waals surface area contributed by atoms with Gasteiger partial charge in [0, 0.05) is 43.3 Å². The smallest absolute Gasteiger partial charge is 0.336 e. The van der Waals surface area contributed by atoms with Gasteiger partial charge in [0.05, 0.1) is 18.8 Å². The zero-order valence-corrected chi connectivity index (χ0v) is 20.7. The highest BCUT2D eigenvalue weighted by molar-refractivity contribution is 6.04. The summed E-state index contributed by atoms with van der Waals surface area (Å²) in [5.41, 5.74) is 2.87. The van der Waals surface area contributed by atoms with Gasteiger partial charge in [-0.2, -0.15) is 0 Å². The minimum Gasteiger partial charge on any atom is -0.490 e. The molecule has 0 aromatic heterocycles. The molecule has 3 rings (SSSR count). The topological polar surface area (TPSA) is 100 Å². The number of carbonyl (C=O) groups excluding carboxylic acids is 3. The van der Waals surface area contributed by atoms with E-state index >= 15 is 0 Å². The molecule has 1 aliphatic heterocycles. The molecule has 1 N–H and O–H groups in total. The van der Waals surface area contributed by atoms with Crippen molar-refractivity contribution < 1.29 is 33.3 Å². The van der Waals surface area contributed by atoms with Crippen molar-refractivity contribution in [2.75, 3.05) is 26.9 Å². The van der Waals surface area contributed by atoms with Crippen molar-refractivity contribution >= 4 is 17.7 Å². The molecule has 1 aromatic rings. The van der Waals surface area contributed by atoms with Crippen LogP contribution in [-0.2, 0) is 23.9 Å². The molecular weight excluding hydrogens is 438 g/mol. The Morgan fingerprint density at radius 3 is 2.53 bits per heavy atom. The minimum absolute atomic E-state index is 0.0135. The summed E-state index contributed by atoms with van der Waals surface area (Å²) in [5.74, 6) is -0.992. The molecule has 0 radical (unpaired) electrons. The van der Waals surface area contributed by atoms with Crippen LogP contribution in [0, 0.1) is 5.41 Å². The van der Waals surface area contributed by atoms with Gasteiger partial charge >= 0.3 is 11.9 Å². The molecule has 184 valence electrons. The number of benzene rings is 1. The predicted molar refractivity (Wildman–Crippen MR) is 125 cm³/mol. The number of ketones is 1. The predicted octanol–water partition coefficient (Wildman–Crippen LogP) is 3.80. The van der Waals surface area contributed by atoms with Crippen molar-refractivity contribution in [1.82, 2.24) is 5.32 Å². The molecule has 34 heavy (non-hydrogen) atoms. The monoisotopic (exact) mass is 471 g/mol. The van der Waals surface area contributed by atoms with Crippen LogP contribution in [0.1, 0.15) is 58.9 Å². The molecule has 0 bridgehead atoms. The van der Waals surface area contributed by atoms with Crippen LogP contribution in [0.2, 0.25) is 0 Å². The van der Waals surface area contributed by atoms with Gasteiger partial charge in [0.15, 0.2) is 17.3 Å². The normalized spacial score (nSPS) is 19.4. The first-order chi connectivity index (χ1) is 16.1. The maximum atomic E-state index is 13.4. The average molecular weight is 472 g/mol. The summed E-state index contributed by atoms with van der Waals surface area (Å²) in [5, 5.41) is 3.31. The fourth-order valence-electron chi connectivity index (χ4n) is 4.55. The minimum atomic E-state index is -0.638. The molecule has 1 atom stereocenters. The first-order valence-electron chi connectivity index (χ1n) is 11.4. The molecule has 1 aliphatic carbocycles. The Labute approximate surface area is 200 Å². The number of Topliss-reactive ketones (excluding diaryl/α,β-unsaturated/α-hetero) is 1. The van der Waals surface area contributed by atoms with Crippen molar-refractivity contribution in [3.63, 3.8) is 0 Å². The molecule has 1 heterocycles. The molecule has 0 saturated carbocycles. The second-order valence-corrected chi connectivity index (χ2v) is 9.29. The Kier molecular flexibility index (Phi) is 7.82. The fraction of sp³-hybridized carbons (Fsp3) is 0.500. The van der Waals surface area contributed by atoms with Crippen molar-refractivity contribution in [2.45, 2.75) is 53.4 Å². The molecule has 0 amide bonds. The number of nitrogens with one attached hydrogen (secondary N) is 1. The molecule has 2 aliphatic rings. The third-order valence-corrected chi connectivity index (χ3v) is 5.83. The van der Waals surface area contributed by atoms with Gasteiger partial charge in [0.25, 0.3) is 0 Å². The number of rotatable bonds is 8. The molecule has 8 nitrogen and oxygen atoms in total. The summed E-state index contributed by atoms with van der Waals surface area (Å²) in [6.07, 6.45) is 1.05. The SMILES string of the molecule is CCOc1cc(C2C(C(=O)OCCOC)=C(C)NC3=C2C(=O)CC(C)(C)C3)ccc1OC(C)=O. The molecule has 0 saturated heterocycles. The van der Waals surface area contributed by atoms with E-state index in [4.69, 9.17) is 18.9 Å². The van der Waals surface area contributed by atoms with Crippen LogP contribution in [0.15, 0.2) is 40.7 Å². The number of carbonyl (C=O) groups is 3. The van der Waals surface area contributed by atoms with E-state index < -0.39 is 17.9 Å². The average Bonchev–Trinajstić information content (AvgIpc) is 2.73. The zero-order valence-electron chi connectivity index (χ0n) is 20.7. The van der Waals surface area contributed by atoms with Gasteiger partial charge in [-0.05, 0) is 43.4 Å². The Bertz CT molecular complexity index is 1050. The summed E-state index contributed by atoms with van der Waals surface area (Å²) < 4.78 is 21.5. The van der Waals surface area contributed by atoms with Crippen LogP contribution in [0.25, 0.3) is 0 Å². The van der Waals surface area contributed by atoms with E-state index in [1.807, 2.05) is 13.8 Å². The largest absolute Gasteiger partial charge is 0.490 e. The Morgan fingerprint density at radius 2 is 1.88 bits per heavy atom. The quantitative estimate of drug-likeness (QED) is 0.347. The zero-order chi connectivity index (χ0) is 25.0. The summed E-state index contributed by atoms with van der Waals surface area (Å²) >= 11 is 0. The number of hydrogen-bond acceptors (Lipinski definition) is 8.